The van der Waals surface area contributed by atoms with Gasteiger partial charge in [0.25, 0.3) is 5.78 Å². The van der Waals surface area contributed by atoms with E-state index in [0.717, 1.165) is 16.9 Å². The SMILES string of the molecule is COc1ccc(Cc2c[nH]c(C(O)=CC(=O)C(=O)O)c2)cc1. The summed E-state index contributed by atoms with van der Waals surface area (Å²) in [7, 11) is 1.60. The van der Waals surface area contributed by atoms with Crippen LogP contribution in [-0.2, 0) is 16.0 Å². The molecule has 2 rings (SSSR count). The molecule has 1 heterocycles. The number of nitrogens with one attached hydrogen (secondary N) is 1. The van der Waals surface area contributed by atoms with Crippen molar-refractivity contribution in [2.45, 2.75) is 6.42 Å². The number of aromatic nitrogens is 1. The van der Waals surface area contributed by atoms with Crippen LogP contribution < -0.4 is 4.74 Å². The molecule has 1 aromatic carbocycles. The molecule has 0 radical (unpaired) electrons. The van der Waals surface area contributed by atoms with E-state index < -0.39 is 17.5 Å². The fourth-order valence-corrected chi connectivity index (χ4v) is 1.93. The molecule has 114 valence electrons. The minimum Gasteiger partial charge on any atom is -0.506 e. The van der Waals surface area contributed by atoms with Gasteiger partial charge in [0.15, 0.2) is 0 Å². The number of ether oxygens (including phenoxy) is 1. The molecule has 0 amide bonds. The van der Waals surface area contributed by atoms with E-state index >= 15 is 0 Å². The van der Waals surface area contributed by atoms with Gasteiger partial charge in [-0.2, -0.15) is 0 Å². The monoisotopic (exact) mass is 301 g/mol. The Balaban J connectivity index is 2.10. The van der Waals surface area contributed by atoms with Crippen molar-refractivity contribution in [3.63, 3.8) is 0 Å². The van der Waals surface area contributed by atoms with Crippen LogP contribution >= 0.6 is 0 Å². The van der Waals surface area contributed by atoms with Crippen LogP contribution in [0.2, 0.25) is 0 Å². The van der Waals surface area contributed by atoms with Crippen molar-refractivity contribution >= 4 is 17.5 Å². The summed E-state index contributed by atoms with van der Waals surface area (Å²) in [5, 5.41) is 18.2. The lowest BCUT2D eigenvalue weighted by atomic mass is 10.1. The van der Waals surface area contributed by atoms with Crippen LogP contribution in [0.3, 0.4) is 0 Å². The molecule has 0 saturated heterocycles. The number of carbonyl (C=O) groups is 2. The summed E-state index contributed by atoms with van der Waals surface area (Å²) in [5.41, 5.74) is 2.23. The highest BCUT2D eigenvalue weighted by Crippen LogP contribution is 2.17. The van der Waals surface area contributed by atoms with Gasteiger partial charge in [0.2, 0.25) is 0 Å². The van der Waals surface area contributed by atoms with Crippen molar-refractivity contribution in [3.05, 3.63) is 59.4 Å². The second kappa shape index (κ2) is 6.62. The molecule has 0 aliphatic heterocycles. The number of rotatable bonds is 6. The van der Waals surface area contributed by atoms with Crippen LogP contribution in [0.4, 0.5) is 0 Å². The van der Waals surface area contributed by atoms with Crippen molar-refractivity contribution < 1.29 is 24.5 Å². The average molecular weight is 301 g/mol. The molecule has 0 unspecified atom stereocenters. The van der Waals surface area contributed by atoms with Crippen molar-refractivity contribution in [1.29, 1.82) is 0 Å². The number of aliphatic hydroxyl groups is 1. The fraction of sp³-hybridized carbons (Fsp3) is 0.125. The minimum absolute atomic E-state index is 0.290. The summed E-state index contributed by atoms with van der Waals surface area (Å²) in [6.45, 7) is 0. The Hall–Kier alpha value is -3.02. The predicted octanol–water partition coefficient (Wildman–Crippen LogP) is 2.17. The third kappa shape index (κ3) is 3.76. The third-order valence-electron chi connectivity index (χ3n) is 3.06. The van der Waals surface area contributed by atoms with Crippen LogP contribution in [0.5, 0.6) is 5.75 Å². The van der Waals surface area contributed by atoms with Gasteiger partial charge in [-0.1, -0.05) is 12.1 Å². The van der Waals surface area contributed by atoms with Crippen molar-refractivity contribution in [1.82, 2.24) is 4.98 Å². The Morgan fingerprint density at radius 1 is 1.18 bits per heavy atom. The summed E-state index contributed by atoms with van der Waals surface area (Å²) in [6.07, 6.45) is 2.99. The average Bonchev–Trinajstić information content (AvgIpc) is 2.96. The molecule has 2 aromatic rings. The van der Waals surface area contributed by atoms with Gasteiger partial charge in [-0.25, -0.2) is 4.79 Å². The Kier molecular flexibility index (Phi) is 4.63. The summed E-state index contributed by atoms with van der Waals surface area (Å²) in [6, 6.07) is 9.22. The highest BCUT2D eigenvalue weighted by atomic mass is 16.5. The van der Waals surface area contributed by atoms with E-state index in [1.807, 2.05) is 24.3 Å². The van der Waals surface area contributed by atoms with Gasteiger partial charge in [-0.15, -0.1) is 0 Å². The summed E-state index contributed by atoms with van der Waals surface area (Å²) in [4.78, 5) is 24.3. The second-order valence-corrected chi connectivity index (χ2v) is 4.65. The number of H-pyrrole nitrogens is 1. The van der Waals surface area contributed by atoms with Crippen LogP contribution in [-0.4, -0.2) is 34.1 Å². The van der Waals surface area contributed by atoms with Crippen LogP contribution in [0.1, 0.15) is 16.8 Å². The molecule has 0 bridgehead atoms. The number of methoxy groups -OCH3 is 1. The molecule has 1 aromatic heterocycles. The first-order valence-corrected chi connectivity index (χ1v) is 6.48. The maximum absolute atomic E-state index is 11.0. The summed E-state index contributed by atoms with van der Waals surface area (Å²) < 4.78 is 5.08. The zero-order chi connectivity index (χ0) is 16.1. The summed E-state index contributed by atoms with van der Waals surface area (Å²) >= 11 is 0. The quantitative estimate of drug-likeness (QED) is 0.431. The van der Waals surface area contributed by atoms with Crippen molar-refractivity contribution in [2.75, 3.05) is 7.11 Å². The number of aromatic amines is 1. The highest BCUT2D eigenvalue weighted by molar-refractivity contribution is 6.38. The molecule has 6 heteroatoms. The Morgan fingerprint density at radius 3 is 2.45 bits per heavy atom. The number of benzene rings is 1. The van der Waals surface area contributed by atoms with E-state index in [1.165, 1.54) is 0 Å². The van der Waals surface area contributed by atoms with E-state index in [4.69, 9.17) is 9.84 Å². The lowest BCUT2D eigenvalue weighted by molar-refractivity contribution is -0.146. The number of aliphatic carboxylic acids is 1. The van der Waals surface area contributed by atoms with E-state index in [0.29, 0.717) is 12.5 Å². The number of carbonyl (C=O) groups excluding carboxylic acids is 1. The predicted molar refractivity (Wildman–Crippen MR) is 79.8 cm³/mol. The number of aliphatic hydroxyl groups excluding tert-OH is 1. The van der Waals surface area contributed by atoms with E-state index in [9.17, 15) is 14.7 Å². The maximum Gasteiger partial charge on any atom is 0.376 e. The molecule has 0 fully saturated rings. The van der Waals surface area contributed by atoms with Crippen LogP contribution in [0.15, 0.2) is 42.6 Å². The lowest BCUT2D eigenvalue weighted by Gasteiger charge is -2.01. The van der Waals surface area contributed by atoms with Gasteiger partial charge in [0, 0.05) is 12.3 Å². The molecule has 0 atom stereocenters. The Morgan fingerprint density at radius 2 is 1.86 bits per heavy atom. The Bertz CT molecular complexity index is 712. The molecule has 3 N–H and O–H groups in total. The zero-order valence-corrected chi connectivity index (χ0v) is 11.9. The molecular formula is C16H15NO5. The van der Waals surface area contributed by atoms with Gasteiger partial charge in [0.05, 0.1) is 12.8 Å². The maximum atomic E-state index is 11.0. The van der Waals surface area contributed by atoms with Gasteiger partial charge in [-0.05, 0) is 35.7 Å². The first-order chi connectivity index (χ1) is 10.5. The molecule has 6 nitrogen and oxygen atoms in total. The molecule has 22 heavy (non-hydrogen) atoms. The number of hydrogen-bond acceptors (Lipinski definition) is 4. The number of carboxylic acid groups (broad SMARTS) is 1. The number of ketones is 1. The molecule has 0 spiro atoms. The van der Waals surface area contributed by atoms with Gasteiger partial charge in [-0.3, -0.25) is 4.79 Å². The number of hydrogen-bond donors (Lipinski definition) is 3. The van der Waals surface area contributed by atoms with Crippen molar-refractivity contribution in [2.24, 2.45) is 0 Å². The number of carboxylic acids is 1. The normalized spacial score (nSPS) is 11.2. The first-order valence-electron chi connectivity index (χ1n) is 6.48. The Labute approximate surface area is 126 Å². The van der Waals surface area contributed by atoms with Crippen LogP contribution in [0, 0.1) is 0 Å². The van der Waals surface area contributed by atoms with Crippen LogP contribution in [0.25, 0.3) is 5.76 Å². The second-order valence-electron chi connectivity index (χ2n) is 4.65. The molecule has 0 saturated carbocycles. The van der Waals surface area contributed by atoms with Gasteiger partial charge in [0.1, 0.15) is 11.5 Å². The lowest BCUT2D eigenvalue weighted by Crippen LogP contribution is -2.09. The summed E-state index contributed by atoms with van der Waals surface area (Å²) in [5.74, 6) is -2.43. The third-order valence-corrected chi connectivity index (χ3v) is 3.06. The van der Waals surface area contributed by atoms with Gasteiger partial charge >= 0.3 is 5.97 Å². The molecular weight excluding hydrogens is 286 g/mol. The standard InChI is InChI=1S/C16H15NO5/c1-22-12-4-2-10(3-5-12)6-11-7-13(17-9-11)14(18)8-15(19)16(20)21/h2-5,7-9,17-18H,6H2,1H3,(H,20,21). The smallest absolute Gasteiger partial charge is 0.376 e. The van der Waals surface area contributed by atoms with Gasteiger partial charge < -0.3 is 19.9 Å². The zero-order valence-electron chi connectivity index (χ0n) is 11.9. The fourth-order valence-electron chi connectivity index (χ4n) is 1.93. The first kappa shape index (κ1) is 15.4. The topological polar surface area (TPSA) is 99.6 Å². The van der Waals surface area contributed by atoms with E-state index in [-0.39, 0.29) is 5.69 Å². The van der Waals surface area contributed by atoms with E-state index in [2.05, 4.69) is 4.98 Å². The van der Waals surface area contributed by atoms with Crippen molar-refractivity contribution in [3.8, 4) is 5.75 Å². The minimum atomic E-state index is -1.61. The molecule has 0 aliphatic carbocycles. The largest absolute Gasteiger partial charge is 0.506 e. The molecule has 0 aliphatic rings. The highest BCUT2D eigenvalue weighted by Gasteiger charge is 2.11. The van der Waals surface area contributed by atoms with E-state index in [1.54, 1.807) is 19.4 Å².